The van der Waals surface area contributed by atoms with Crippen molar-refractivity contribution in [2.45, 2.75) is 241 Å². The minimum atomic E-state index is -4.79. The number of nitrogens with zero attached hydrogens (tertiary/aromatic N) is 15. The number of aliphatic hydroxyl groups is 4. The van der Waals surface area contributed by atoms with Gasteiger partial charge in [-0.3, -0.25) is 73.4 Å². The van der Waals surface area contributed by atoms with Crippen molar-refractivity contribution in [2.24, 2.45) is 5.41 Å². The number of ether oxygens (including phenoxy) is 3. The van der Waals surface area contributed by atoms with E-state index in [9.17, 15) is 83.9 Å². The number of rotatable bonds is 24. The molecule has 0 bridgehead atoms. The number of alkyl halides is 9. The number of carbonyl (C=O) groups is 5. The third kappa shape index (κ3) is 28.1. The highest BCUT2D eigenvalue weighted by Gasteiger charge is 2.41. The lowest BCUT2D eigenvalue weighted by molar-refractivity contribution is -0.275. The zero-order valence-electron chi connectivity index (χ0n) is 82.3. The number of aromatic nitrogens is 15. The highest BCUT2D eigenvalue weighted by molar-refractivity contribution is 5.96. The molecule has 5 amide bonds. The summed E-state index contributed by atoms with van der Waals surface area (Å²) in [5.41, 5.74) is 9.86. The summed E-state index contributed by atoms with van der Waals surface area (Å²) in [6.07, 6.45) is -6.19. The van der Waals surface area contributed by atoms with Crippen molar-refractivity contribution >= 4 is 115 Å². The molecule has 10 aromatic heterocycles. The number of nitrogens with one attached hydrogen (secondary N) is 5. The van der Waals surface area contributed by atoms with Gasteiger partial charge in [-0.1, -0.05) is 80.4 Å². The van der Waals surface area contributed by atoms with Gasteiger partial charge in [0.15, 0.2) is 28.2 Å². The van der Waals surface area contributed by atoms with Gasteiger partial charge < -0.3 is 34.6 Å². The Morgan fingerprint density at radius 2 is 0.660 bits per heavy atom. The van der Waals surface area contributed by atoms with Crippen molar-refractivity contribution in [2.75, 3.05) is 26.6 Å². The standard InChI is InChI=1S/C23H28N4O2.C22H26N4O2.C20H21F3N4O2.2C19H19F3N4O3/c1-15-6-9-17(10-7-15)23(4,29)14-19(28)26-21-25-18-11-8-16(2)24-20(18)27(21)22(3)12-5-13-22;1-14-7-9-16(10-8-14)22(3,28)12-19(27)25-21-24-18-11-15(2)13-23-20(18)26(21)17-5-4-6-17;1-12-5-10-15-17(24-12)27(18(25-15)26-16(28)11-19(2,3)4)13-6-8-14(9-7-13)29-20(21,22)23;2*1-11-4-9-14-16(23-11)26(17(24-14)25-15(27)10-18(2,3)28)12-5-7-13(8-6-12)29-19(20,21)22/h6-11,29H,5,12-14H2,1-4H3,(H,25,26,28);7-11,13,17,28H,4-6,12H2,1-3H3,(H,24,25,27);5-10H,11H2,1-4H3,(H,25,26,28);2*4-9,28H,10H2,1-3H3,(H,24,25,27)/t23-;22-;;;/m00.../s1. The molecule has 15 aromatic rings. The van der Waals surface area contributed by atoms with E-state index in [0.717, 1.165) is 118 Å². The van der Waals surface area contributed by atoms with E-state index in [0.29, 0.717) is 79.9 Å². The summed E-state index contributed by atoms with van der Waals surface area (Å²) in [7, 11) is 0. The van der Waals surface area contributed by atoms with Crippen LogP contribution in [0, 0.1) is 53.9 Å². The first-order valence-corrected chi connectivity index (χ1v) is 46.2. The summed E-state index contributed by atoms with van der Waals surface area (Å²) in [5.74, 6) is -1.24. The molecule has 760 valence electrons. The SMILES string of the molecule is Cc1ccc([C@@](C)(O)CC(=O)Nc2nc3cc(C)cnc3n2C2CCC2)cc1.Cc1ccc([C@@](C)(O)CC(=O)Nc2nc3ccc(C)nc3n2C2(C)CCC2)cc1.Cc1ccc2nc(NC(=O)CC(C)(C)C)n(-c3ccc(OC(F)(F)F)cc3)c2n1.Cc1ccc2nc(NC(=O)CC(C)(C)O)n(-c3ccc(OC(F)(F)F)cc3)c2n1.Cc1ccc2nc(NC(=O)CC(C)(C)O)n(-c3ccc(OC(F)(F)F)cc3)c2n1. The van der Waals surface area contributed by atoms with Gasteiger partial charge in [0.05, 0.1) is 65.1 Å². The number of halogens is 9. The van der Waals surface area contributed by atoms with Crippen LogP contribution in [0.1, 0.15) is 197 Å². The molecule has 2 atom stereocenters. The first-order chi connectivity index (χ1) is 67.2. The van der Waals surface area contributed by atoms with Crippen LogP contribution in [0.5, 0.6) is 17.2 Å². The lowest BCUT2D eigenvalue weighted by atomic mass is 9.78. The number of amides is 5. The average Bonchev–Trinajstić information content (AvgIpc) is 1.53. The fourth-order valence-electron chi connectivity index (χ4n) is 16.0. The Bertz CT molecular complexity index is 6770. The molecule has 32 nitrogen and oxygen atoms in total. The van der Waals surface area contributed by atoms with Crippen molar-refractivity contribution < 1.29 is 98.1 Å². The first kappa shape index (κ1) is 106. The summed E-state index contributed by atoms with van der Waals surface area (Å²) < 4.78 is 132. The number of benzene rings is 5. The molecule has 0 spiro atoms. The molecule has 9 N–H and O–H groups in total. The van der Waals surface area contributed by atoms with Crippen LogP contribution in [0.25, 0.3) is 72.9 Å². The third-order valence-electron chi connectivity index (χ3n) is 23.1. The summed E-state index contributed by atoms with van der Waals surface area (Å²) in [6, 6.07) is 47.4. The van der Waals surface area contributed by atoms with Gasteiger partial charge in [-0.2, -0.15) is 0 Å². The maximum atomic E-state index is 12.9. The van der Waals surface area contributed by atoms with Crippen LogP contribution in [0.15, 0.2) is 182 Å². The molecule has 0 radical (unpaired) electrons. The second-order valence-electron chi connectivity index (χ2n) is 39.1. The van der Waals surface area contributed by atoms with Crippen LogP contribution in [0.3, 0.4) is 0 Å². The van der Waals surface area contributed by atoms with Crippen molar-refractivity contribution in [1.82, 2.24) is 72.7 Å². The Kier molecular flexibility index (Phi) is 31.3. The van der Waals surface area contributed by atoms with Crippen molar-refractivity contribution in [3.05, 3.63) is 233 Å². The monoisotopic (exact) mass is 1990 g/mol. The Morgan fingerprint density at radius 3 is 0.972 bits per heavy atom. The van der Waals surface area contributed by atoms with Crippen LogP contribution in [0.2, 0.25) is 0 Å². The molecule has 10 heterocycles. The number of anilines is 5. The van der Waals surface area contributed by atoms with Gasteiger partial charge in [0, 0.05) is 47.0 Å². The second kappa shape index (κ2) is 42.4. The predicted molar refractivity (Wildman–Crippen MR) is 526 cm³/mol. The topological polar surface area (TPSA) is 408 Å². The Morgan fingerprint density at radius 1 is 0.354 bits per heavy atom. The molecule has 2 aliphatic rings. The van der Waals surface area contributed by atoms with E-state index in [4.69, 9.17) is 0 Å². The second-order valence-corrected chi connectivity index (χ2v) is 39.1. The molecule has 2 fully saturated rings. The van der Waals surface area contributed by atoms with E-state index >= 15 is 0 Å². The average molecular weight is 1990 g/mol. The number of carbonyl (C=O) groups excluding carboxylic acids is 5. The maximum Gasteiger partial charge on any atom is 0.573 e. The summed E-state index contributed by atoms with van der Waals surface area (Å²) in [6.45, 7) is 30.6. The van der Waals surface area contributed by atoms with Gasteiger partial charge >= 0.3 is 19.1 Å². The van der Waals surface area contributed by atoms with E-state index in [1.54, 1.807) is 68.7 Å². The highest BCUT2D eigenvalue weighted by atomic mass is 19.4. The minimum absolute atomic E-state index is 0.0452. The number of hydrogen-bond acceptors (Lipinski definition) is 22. The molecule has 2 saturated carbocycles. The lowest BCUT2D eigenvalue weighted by Gasteiger charge is -2.40. The molecule has 0 unspecified atom stereocenters. The molecular formula is C103H113F9N20O12. The zero-order chi connectivity index (χ0) is 105. The number of hydrogen-bond donors (Lipinski definition) is 9. The van der Waals surface area contributed by atoms with E-state index < -0.39 is 53.3 Å². The molecular weight excluding hydrogens is 1880 g/mol. The first-order valence-electron chi connectivity index (χ1n) is 46.2. The van der Waals surface area contributed by atoms with Gasteiger partial charge in [0.1, 0.15) is 44.8 Å². The van der Waals surface area contributed by atoms with Gasteiger partial charge in [0.2, 0.25) is 59.3 Å². The number of pyridine rings is 5. The normalized spacial score (nSPS) is 14.2. The van der Waals surface area contributed by atoms with E-state index in [2.05, 4.69) is 102 Å². The lowest BCUT2D eigenvalue weighted by Crippen LogP contribution is -2.39. The molecule has 2 aliphatic carbocycles. The van der Waals surface area contributed by atoms with Crippen LogP contribution in [-0.4, -0.2) is 153 Å². The van der Waals surface area contributed by atoms with E-state index in [1.165, 1.54) is 91.8 Å². The highest BCUT2D eigenvalue weighted by Crippen LogP contribution is 2.44. The van der Waals surface area contributed by atoms with Crippen LogP contribution in [0.4, 0.5) is 69.3 Å². The molecule has 0 saturated heterocycles. The Hall–Kier alpha value is -14.8. The quantitative estimate of drug-likeness (QED) is 0.0254. The molecule has 144 heavy (non-hydrogen) atoms. The molecule has 17 rings (SSSR count). The Balaban J connectivity index is 0.000000151. The summed E-state index contributed by atoms with van der Waals surface area (Å²) >= 11 is 0. The Labute approximate surface area is 822 Å². The largest absolute Gasteiger partial charge is 0.573 e. The molecule has 5 aromatic carbocycles. The third-order valence-corrected chi connectivity index (χ3v) is 23.1. The van der Waals surface area contributed by atoms with Crippen molar-refractivity contribution in [3.8, 4) is 34.3 Å². The fourth-order valence-corrected chi connectivity index (χ4v) is 16.0. The molecule has 0 aliphatic heterocycles. The fraction of sp³-hybridized carbons (Fsp3) is 0.369. The summed E-state index contributed by atoms with van der Waals surface area (Å²) in [4.78, 5) is 108. The number of aryl methyl sites for hydroxylation is 7. The smallest absolute Gasteiger partial charge is 0.406 e. The summed E-state index contributed by atoms with van der Waals surface area (Å²) in [5, 5.41) is 55.3. The van der Waals surface area contributed by atoms with E-state index in [-0.39, 0.29) is 95.9 Å². The predicted octanol–water partition coefficient (Wildman–Crippen LogP) is 20.6. The number of fused-ring (bicyclic) bond motifs is 5. The minimum Gasteiger partial charge on any atom is -0.406 e. The van der Waals surface area contributed by atoms with Crippen molar-refractivity contribution in [3.63, 3.8) is 0 Å². The van der Waals surface area contributed by atoms with Crippen molar-refractivity contribution in [1.29, 1.82) is 0 Å². The van der Waals surface area contributed by atoms with Gasteiger partial charge in [-0.05, 0) is 285 Å². The number of imidazole rings is 5. The zero-order valence-corrected chi connectivity index (χ0v) is 82.3. The van der Waals surface area contributed by atoms with Crippen LogP contribution in [-0.2, 0) is 40.7 Å². The van der Waals surface area contributed by atoms with Gasteiger partial charge in [0.25, 0.3) is 0 Å². The molecule has 41 heteroatoms. The van der Waals surface area contributed by atoms with E-state index in [1.807, 2.05) is 133 Å². The van der Waals surface area contributed by atoms with Crippen LogP contribution >= 0.6 is 0 Å². The van der Waals surface area contributed by atoms with Crippen LogP contribution < -0.4 is 40.8 Å². The van der Waals surface area contributed by atoms with Gasteiger partial charge in [-0.15, -0.1) is 39.5 Å². The van der Waals surface area contributed by atoms with Gasteiger partial charge in [-0.25, -0.2) is 49.8 Å². The maximum absolute atomic E-state index is 12.9.